The van der Waals surface area contributed by atoms with E-state index in [0.717, 1.165) is 11.3 Å². The molecule has 0 fully saturated rings. The maximum absolute atomic E-state index is 11.2. The minimum atomic E-state index is -0.903. The van der Waals surface area contributed by atoms with Crippen LogP contribution in [0.4, 0.5) is 0 Å². The van der Waals surface area contributed by atoms with E-state index in [9.17, 15) is 4.79 Å². The molecule has 0 saturated carbocycles. The monoisotopic (exact) mass is 248 g/mol. The molecule has 0 aliphatic heterocycles. The molecule has 0 unspecified atom stereocenters. The molecule has 18 heavy (non-hydrogen) atoms. The molecule has 0 amide bonds. The van der Waals surface area contributed by atoms with Crippen molar-refractivity contribution in [3.8, 4) is 5.75 Å². The second kappa shape index (κ2) is 5.25. The number of carbonyl (C=O) groups is 1. The quantitative estimate of drug-likeness (QED) is 0.829. The highest BCUT2D eigenvalue weighted by Crippen LogP contribution is 2.24. The molecule has 1 aromatic carbocycles. The van der Waals surface area contributed by atoms with Gasteiger partial charge in [0.25, 0.3) is 0 Å². The Hall–Kier alpha value is -1.77. The number of carboxylic acids is 1. The van der Waals surface area contributed by atoms with Crippen LogP contribution in [0.5, 0.6) is 5.75 Å². The lowest BCUT2D eigenvalue weighted by Gasteiger charge is -2.21. The van der Waals surface area contributed by atoms with Gasteiger partial charge in [-0.1, -0.05) is 17.7 Å². The fourth-order valence-electron chi connectivity index (χ4n) is 1.67. The van der Waals surface area contributed by atoms with Crippen LogP contribution in [0.1, 0.15) is 40.2 Å². The molecule has 0 radical (unpaired) electrons. The topological polar surface area (TPSA) is 46.5 Å². The molecule has 0 bridgehead atoms. The average Bonchev–Trinajstić information content (AvgIpc) is 2.17. The number of allylic oxidation sites excluding steroid dienone is 1. The summed E-state index contributed by atoms with van der Waals surface area (Å²) < 4.78 is 5.69. The molecule has 0 atom stereocenters. The second-order valence-corrected chi connectivity index (χ2v) is 5.42. The first-order valence-electron chi connectivity index (χ1n) is 5.91. The summed E-state index contributed by atoms with van der Waals surface area (Å²) in [4.78, 5) is 11.2. The van der Waals surface area contributed by atoms with Crippen molar-refractivity contribution >= 4 is 11.5 Å². The van der Waals surface area contributed by atoms with E-state index in [1.807, 2.05) is 20.8 Å². The standard InChI is InChI=1S/C15H20O3/c1-10(2)13(14(16)17)11-6-8-12(9-7-11)18-15(3,4)5/h6-9H,1-5H3,(H,16,17). The van der Waals surface area contributed by atoms with E-state index in [1.54, 1.807) is 38.1 Å². The van der Waals surface area contributed by atoms with Crippen molar-refractivity contribution in [1.82, 2.24) is 0 Å². The molecule has 0 aliphatic carbocycles. The largest absolute Gasteiger partial charge is 0.488 e. The lowest BCUT2D eigenvalue weighted by Crippen LogP contribution is -2.22. The predicted octanol–water partition coefficient (Wildman–Crippen LogP) is 3.74. The molecule has 0 saturated heterocycles. The molecule has 0 spiro atoms. The molecule has 1 N–H and O–H groups in total. The number of hydrogen-bond donors (Lipinski definition) is 1. The third-order valence-corrected chi connectivity index (χ3v) is 2.28. The Bertz CT molecular complexity index is 458. The van der Waals surface area contributed by atoms with Crippen molar-refractivity contribution in [3.05, 3.63) is 35.4 Å². The van der Waals surface area contributed by atoms with Gasteiger partial charge in [-0.3, -0.25) is 0 Å². The summed E-state index contributed by atoms with van der Waals surface area (Å²) >= 11 is 0. The number of benzene rings is 1. The van der Waals surface area contributed by atoms with Gasteiger partial charge in [-0.05, 0) is 52.3 Å². The van der Waals surface area contributed by atoms with E-state index in [1.165, 1.54) is 0 Å². The Labute approximate surface area is 108 Å². The maximum Gasteiger partial charge on any atom is 0.336 e. The van der Waals surface area contributed by atoms with Crippen molar-refractivity contribution in [3.63, 3.8) is 0 Å². The van der Waals surface area contributed by atoms with Gasteiger partial charge in [0, 0.05) is 0 Å². The van der Waals surface area contributed by atoms with E-state index in [-0.39, 0.29) is 5.60 Å². The van der Waals surface area contributed by atoms with Crippen LogP contribution in [0.3, 0.4) is 0 Å². The van der Waals surface area contributed by atoms with Crippen molar-refractivity contribution in [2.75, 3.05) is 0 Å². The molecular formula is C15H20O3. The van der Waals surface area contributed by atoms with E-state index in [0.29, 0.717) is 11.1 Å². The fraction of sp³-hybridized carbons (Fsp3) is 0.400. The zero-order valence-electron chi connectivity index (χ0n) is 11.6. The summed E-state index contributed by atoms with van der Waals surface area (Å²) in [7, 11) is 0. The van der Waals surface area contributed by atoms with Crippen LogP contribution in [0.15, 0.2) is 29.8 Å². The van der Waals surface area contributed by atoms with Crippen LogP contribution in [-0.4, -0.2) is 16.7 Å². The molecule has 3 nitrogen and oxygen atoms in total. The summed E-state index contributed by atoms with van der Waals surface area (Å²) in [5, 5.41) is 9.16. The van der Waals surface area contributed by atoms with Gasteiger partial charge in [0.2, 0.25) is 0 Å². The smallest absolute Gasteiger partial charge is 0.336 e. The van der Waals surface area contributed by atoms with Crippen LogP contribution in [0.25, 0.3) is 5.57 Å². The fourth-order valence-corrected chi connectivity index (χ4v) is 1.67. The summed E-state index contributed by atoms with van der Waals surface area (Å²) in [6, 6.07) is 7.15. The molecule has 3 heteroatoms. The van der Waals surface area contributed by atoms with E-state index < -0.39 is 5.97 Å². The van der Waals surface area contributed by atoms with Gasteiger partial charge in [-0.15, -0.1) is 0 Å². The van der Waals surface area contributed by atoms with Crippen LogP contribution in [0, 0.1) is 0 Å². The number of ether oxygens (including phenoxy) is 1. The summed E-state index contributed by atoms with van der Waals surface area (Å²) in [6.45, 7) is 9.51. The Morgan fingerprint density at radius 3 is 1.94 bits per heavy atom. The van der Waals surface area contributed by atoms with Gasteiger partial charge >= 0.3 is 5.97 Å². The number of hydrogen-bond acceptors (Lipinski definition) is 2. The molecular weight excluding hydrogens is 228 g/mol. The van der Waals surface area contributed by atoms with Gasteiger partial charge < -0.3 is 9.84 Å². The average molecular weight is 248 g/mol. The summed E-state index contributed by atoms with van der Waals surface area (Å²) in [6.07, 6.45) is 0. The molecule has 1 rings (SSSR count). The Morgan fingerprint density at radius 1 is 1.11 bits per heavy atom. The lowest BCUT2D eigenvalue weighted by molar-refractivity contribution is -0.130. The first kappa shape index (κ1) is 14.3. The SMILES string of the molecule is CC(C)=C(C(=O)O)c1ccc(OC(C)(C)C)cc1. The highest BCUT2D eigenvalue weighted by Gasteiger charge is 2.14. The van der Waals surface area contributed by atoms with Crippen LogP contribution in [0.2, 0.25) is 0 Å². The zero-order valence-corrected chi connectivity index (χ0v) is 11.6. The number of carboxylic acid groups (broad SMARTS) is 1. The molecule has 0 heterocycles. The minimum Gasteiger partial charge on any atom is -0.488 e. The van der Waals surface area contributed by atoms with E-state index >= 15 is 0 Å². The first-order valence-corrected chi connectivity index (χ1v) is 5.91. The third-order valence-electron chi connectivity index (χ3n) is 2.28. The van der Waals surface area contributed by atoms with Gasteiger partial charge in [0.1, 0.15) is 11.4 Å². The Balaban J connectivity index is 3.03. The van der Waals surface area contributed by atoms with Crippen molar-refractivity contribution in [2.24, 2.45) is 0 Å². The van der Waals surface area contributed by atoms with Gasteiger partial charge in [-0.2, -0.15) is 0 Å². The molecule has 98 valence electrons. The first-order chi connectivity index (χ1) is 8.20. The Kier molecular flexibility index (Phi) is 4.17. The highest BCUT2D eigenvalue weighted by atomic mass is 16.5. The lowest BCUT2D eigenvalue weighted by atomic mass is 10.0. The third kappa shape index (κ3) is 3.91. The van der Waals surface area contributed by atoms with Gasteiger partial charge in [-0.25, -0.2) is 4.79 Å². The second-order valence-electron chi connectivity index (χ2n) is 5.42. The maximum atomic E-state index is 11.2. The molecule has 0 aliphatic rings. The molecule has 0 aromatic heterocycles. The summed E-state index contributed by atoms with van der Waals surface area (Å²) in [5.41, 5.74) is 1.57. The van der Waals surface area contributed by atoms with Crippen LogP contribution >= 0.6 is 0 Å². The van der Waals surface area contributed by atoms with Crippen molar-refractivity contribution < 1.29 is 14.6 Å². The van der Waals surface area contributed by atoms with Crippen LogP contribution in [-0.2, 0) is 4.79 Å². The zero-order chi connectivity index (χ0) is 13.9. The van der Waals surface area contributed by atoms with E-state index in [4.69, 9.17) is 9.84 Å². The van der Waals surface area contributed by atoms with Crippen molar-refractivity contribution in [1.29, 1.82) is 0 Å². The van der Waals surface area contributed by atoms with Crippen LogP contribution < -0.4 is 4.74 Å². The van der Waals surface area contributed by atoms with Gasteiger partial charge in [0.15, 0.2) is 0 Å². The summed E-state index contributed by atoms with van der Waals surface area (Å²) in [5.74, 6) is -0.163. The molecule has 1 aromatic rings. The van der Waals surface area contributed by atoms with Gasteiger partial charge in [0.05, 0.1) is 5.57 Å². The predicted molar refractivity (Wildman–Crippen MR) is 72.7 cm³/mol. The highest BCUT2D eigenvalue weighted by molar-refractivity contribution is 6.16. The normalized spacial score (nSPS) is 10.9. The van der Waals surface area contributed by atoms with E-state index in [2.05, 4.69) is 0 Å². The number of rotatable bonds is 3. The Morgan fingerprint density at radius 2 is 1.61 bits per heavy atom. The number of aliphatic carboxylic acids is 1. The minimum absolute atomic E-state index is 0.256. The van der Waals surface area contributed by atoms with Crippen molar-refractivity contribution in [2.45, 2.75) is 40.2 Å².